The van der Waals surface area contributed by atoms with Crippen LogP contribution in [-0.2, 0) is 39.8 Å². The first-order chi connectivity index (χ1) is 31.0. The van der Waals surface area contributed by atoms with Crippen molar-refractivity contribution >= 4 is 58.7 Å². The van der Waals surface area contributed by atoms with E-state index in [9.17, 15) is 24.0 Å². The first kappa shape index (κ1) is 47.4. The predicted octanol–water partition coefficient (Wildman–Crippen LogP) is 10.8. The number of ether oxygens (including phenoxy) is 6. The minimum atomic E-state index is -0.357. The normalized spacial score (nSPS) is 26.1. The van der Waals surface area contributed by atoms with Gasteiger partial charge in [0.1, 0.15) is 29.5 Å². The highest BCUT2D eigenvalue weighted by Gasteiger charge is 2.37. The summed E-state index contributed by atoms with van der Waals surface area (Å²) in [5.41, 5.74) is 1.66. The second-order valence-corrected chi connectivity index (χ2v) is 19.7. The van der Waals surface area contributed by atoms with Gasteiger partial charge in [0, 0.05) is 12.7 Å². The van der Waals surface area contributed by atoms with E-state index in [1.807, 2.05) is 24.3 Å². The van der Waals surface area contributed by atoms with Gasteiger partial charge in [-0.15, -0.1) is 11.3 Å². The van der Waals surface area contributed by atoms with Gasteiger partial charge >= 0.3 is 23.9 Å². The lowest BCUT2D eigenvalue weighted by atomic mass is 9.72. The molecule has 64 heavy (non-hydrogen) atoms. The lowest BCUT2D eigenvalue weighted by Crippen LogP contribution is -2.35. The zero-order chi connectivity index (χ0) is 45.0. The van der Waals surface area contributed by atoms with Crippen LogP contribution >= 0.6 is 22.9 Å². The molecule has 13 heteroatoms. The second-order valence-electron chi connectivity index (χ2n) is 18.0. The second kappa shape index (κ2) is 23.1. The summed E-state index contributed by atoms with van der Waals surface area (Å²) in [4.78, 5) is 65.8. The Balaban J connectivity index is 0.766. The van der Waals surface area contributed by atoms with Gasteiger partial charge in [0.2, 0.25) is 0 Å². The molecule has 4 fully saturated rings. The number of rotatable bonds is 16. The Bertz CT molecular complexity index is 2080. The summed E-state index contributed by atoms with van der Waals surface area (Å²) in [6, 6.07) is 16.0. The van der Waals surface area contributed by atoms with E-state index in [0.717, 1.165) is 63.4 Å². The molecule has 1 heterocycles. The van der Waals surface area contributed by atoms with Crippen molar-refractivity contribution in [2.75, 3.05) is 20.8 Å². The maximum absolute atomic E-state index is 13.3. The van der Waals surface area contributed by atoms with Crippen LogP contribution in [0.15, 0.2) is 60.7 Å². The van der Waals surface area contributed by atoms with Crippen molar-refractivity contribution in [3.8, 4) is 17.2 Å². The zero-order valence-electron chi connectivity index (χ0n) is 37.0. The van der Waals surface area contributed by atoms with Gasteiger partial charge in [-0.05, 0) is 181 Å². The van der Waals surface area contributed by atoms with Crippen LogP contribution in [0.4, 0.5) is 0 Å². The van der Waals surface area contributed by atoms with E-state index >= 15 is 0 Å². The molecule has 0 N–H and O–H groups in total. The van der Waals surface area contributed by atoms with E-state index in [1.165, 1.54) is 17.4 Å². The number of esters is 4. The summed E-state index contributed by atoms with van der Waals surface area (Å²) in [6.45, 7) is 0.640. The monoisotopic (exact) mass is 916 g/mol. The van der Waals surface area contributed by atoms with Crippen LogP contribution in [0.2, 0.25) is 4.34 Å². The van der Waals surface area contributed by atoms with Gasteiger partial charge in [-0.3, -0.25) is 24.0 Å². The topological polar surface area (TPSA) is 141 Å². The third-order valence-corrected chi connectivity index (χ3v) is 15.1. The number of hydrogen-bond donors (Lipinski definition) is 0. The molecule has 344 valence electrons. The summed E-state index contributed by atoms with van der Waals surface area (Å²) in [5, 5.41) is 0. The van der Waals surface area contributed by atoms with Gasteiger partial charge in [0.25, 0.3) is 0 Å². The number of thiophene rings is 1. The Morgan fingerprint density at radius 1 is 0.594 bits per heavy atom. The highest BCUT2D eigenvalue weighted by atomic mass is 35.5. The molecular formula is C51H61ClO11S. The van der Waals surface area contributed by atoms with Gasteiger partial charge in [0.15, 0.2) is 5.78 Å². The molecule has 2 aromatic carbocycles. The van der Waals surface area contributed by atoms with Gasteiger partial charge in [-0.1, -0.05) is 23.7 Å². The molecule has 1 aromatic heterocycles. The first-order valence-corrected chi connectivity index (χ1v) is 24.3. The van der Waals surface area contributed by atoms with E-state index in [2.05, 4.69) is 0 Å². The molecule has 0 unspecified atom stereocenters. The average Bonchev–Trinajstić information content (AvgIpc) is 3.77. The Labute approximate surface area is 385 Å². The number of halogens is 1. The molecule has 0 amide bonds. The van der Waals surface area contributed by atoms with Crippen molar-refractivity contribution in [3.05, 3.63) is 81.0 Å². The van der Waals surface area contributed by atoms with Crippen molar-refractivity contribution in [3.63, 3.8) is 0 Å². The molecule has 0 aliphatic heterocycles. The zero-order valence-corrected chi connectivity index (χ0v) is 38.5. The number of allylic oxidation sites excluding steroid dienone is 1. The molecule has 11 nitrogen and oxygen atoms in total. The van der Waals surface area contributed by atoms with Crippen LogP contribution in [0.3, 0.4) is 0 Å². The van der Waals surface area contributed by atoms with Gasteiger partial charge < -0.3 is 28.4 Å². The van der Waals surface area contributed by atoms with E-state index < -0.39 is 0 Å². The maximum atomic E-state index is 13.3. The fourth-order valence-corrected chi connectivity index (χ4v) is 10.9. The average molecular weight is 918 g/mol. The molecule has 4 aliphatic rings. The molecule has 4 saturated carbocycles. The summed E-state index contributed by atoms with van der Waals surface area (Å²) in [6.07, 6.45) is 16.0. The van der Waals surface area contributed by atoms with Gasteiger partial charge in [0.05, 0.1) is 46.6 Å². The van der Waals surface area contributed by atoms with E-state index in [-0.39, 0.29) is 65.5 Å². The third-order valence-electron chi connectivity index (χ3n) is 13.9. The number of benzene rings is 2. The smallest absolute Gasteiger partial charge is 0.314 e. The van der Waals surface area contributed by atoms with E-state index in [4.69, 9.17) is 40.0 Å². The number of carbonyl (C=O) groups excluding carboxylic acids is 5. The summed E-state index contributed by atoms with van der Waals surface area (Å²) < 4.78 is 34.6. The van der Waals surface area contributed by atoms with E-state index in [1.54, 1.807) is 50.6 Å². The molecule has 0 spiro atoms. The molecule has 7 rings (SSSR count). The molecule has 0 radical (unpaired) electrons. The van der Waals surface area contributed by atoms with Crippen LogP contribution in [-0.4, -0.2) is 62.7 Å². The molecule has 0 bridgehead atoms. The molecule has 0 atom stereocenters. The minimum Gasteiger partial charge on any atom is -0.497 e. The first-order valence-electron chi connectivity index (χ1n) is 23.1. The number of ketones is 1. The Morgan fingerprint density at radius 2 is 1.09 bits per heavy atom. The summed E-state index contributed by atoms with van der Waals surface area (Å²) >= 11 is 7.19. The summed E-state index contributed by atoms with van der Waals surface area (Å²) in [7, 11) is 3.22. The fourth-order valence-electron chi connectivity index (χ4n) is 9.91. The van der Waals surface area contributed by atoms with Crippen LogP contribution in [0.25, 0.3) is 6.08 Å². The lowest BCUT2D eigenvalue weighted by Gasteiger charge is -2.38. The number of hydrogen-bond acceptors (Lipinski definition) is 12. The van der Waals surface area contributed by atoms with E-state index in [0.29, 0.717) is 102 Å². The quantitative estimate of drug-likeness (QED) is 0.0587. The van der Waals surface area contributed by atoms with Crippen LogP contribution in [0, 0.1) is 35.5 Å². The predicted molar refractivity (Wildman–Crippen MR) is 244 cm³/mol. The molecule has 3 aromatic rings. The third kappa shape index (κ3) is 13.1. The van der Waals surface area contributed by atoms with Crippen molar-refractivity contribution < 1.29 is 52.4 Å². The highest BCUT2D eigenvalue weighted by Crippen LogP contribution is 2.41. The fraction of sp³-hybridized carbons (Fsp3) is 0.549. The van der Waals surface area contributed by atoms with Gasteiger partial charge in [-0.25, -0.2) is 0 Å². The van der Waals surface area contributed by atoms with Crippen LogP contribution in [0.5, 0.6) is 17.2 Å². The summed E-state index contributed by atoms with van der Waals surface area (Å²) in [5.74, 6) is 0.565. The largest absolute Gasteiger partial charge is 0.497 e. The number of methoxy groups -OCH3 is 2. The van der Waals surface area contributed by atoms with Crippen molar-refractivity contribution in [2.45, 2.75) is 121 Å². The van der Waals surface area contributed by atoms with Crippen molar-refractivity contribution in [2.24, 2.45) is 35.5 Å². The maximum Gasteiger partial charge on any atom is 0.314 e. The van der Waals surface area contributed by atoms with Crippen LogP contribution in [0.1, 0.15) is 124 Å². The van der Waals surface area contributed by atoms with Crippen molar-refractivity contribution in [1.29, 1.82) is 0 Å². The minimum absolute atomic E-state index is 0.0518. The van der Waals surface area contributed by atoms with Crippen LogP contribution < -0.4 is 14.2 Å². The highest BCUT2D eigenvalue weighted by molar-refractivity contribution is 7.18. The molecular weight excluding hydrogens is 856 g/mol. The Kier molecular flexibility index (Phi) is 17.1. The Hall–Kier alpha value is -4.52. The number of carbonyl (C=O) groups is 5. The standard InChI is InChI=1S/C51H61ClO11S/c1-58-30-29-32-3-18-40(19-4-32)60-48(54)35-5-7-36(8-6-35)49(55)61-41-20-13-33(14-21-41)34-15-22-42(23-16-34)62-50(56)37-9-11-38(12-10-37)51(57)63-45-26-24-43(59-2)31-39(45)17-25-44(53)46-27-28-47(52)64-46/h3-4,17-19,24-28,31,33-38,41-42H,5-16,20-23,29-30H2,1-2H3/b25-17+. The SMILES string of the molecule is COCCc1ccc(OC(=O)C2CCC(C(=O)OC3CCC(C4CCC(OC(=O)C5CCC(C(=O)Oc6ccc(OC)cc6/C=C/C(=O)c6ccc(Cl)s6)CC5)CC4)CC3)CC2)cc1. The molecule has 0 saturated heterocycles. The van der Waals surface area contributed by atoms with Crippen molar-refractivity contribution in [1.82, 2.24) is 0 Å². The van der Waals surface area contributed by atoms with Gasteiger partial charge in [-0.2, -0.15) is 0 Å². The molecule has 4 aliphatic carbocycles. The lowest BCUT2D eigenvalue weighted by molar-refractivity contribution is -0.160. The Morgan fingerprint density at radius 3 is 1.58 bits per heavy atom.